The number of rotatable bonds is 5. The molecule has 0 aromatic heterocycles. The average Bonchev–Trinajstić information content (AvgIpc) is 2.92. The molecule has 1 N–H and O–H groups in total. The molecular weight excluding hydrogens is 270 g/mol. The standard InChI is InChI=1S/C16H23NO2S/c1-11(2)20-15-6-4-13(5-7-15)12(3)17-16(18)14-8-9-19-10-14/h4-7,11-12,14H,8-10H2,1-3H3,(H,17,18)/t12-,14-/m0/s1. The summed E-state index contributed by atoms with van der Waals surface area (Å²) >= 11 is 1.85. The minimum Gasteiger partial charge on any atom is -0.381 e. The van der Waals surface area contributed by atoms with Gasteiger partial charge in [0.05, 0.1) is 18.6 Å². The molecule has 110 valence electrons. The highest BCUT2D eigenvalue weighted by Gasteiger charge is 2.24. The molecule has 1 saturated heterocycles. The molecule has 1 amide bonds. The molecule has 2 rings (SSSR count). The Hall–Kier alpha value is -1.00. The van der Waals surface area contributed by atoms with E-state index in [0.29, 0.717) is 18.5 Å². The van der Waals surface area contributed by atoms with Crippen molar-refractivity contribution in [3.05, 3.63) is 29.8 Å². The molecule has 0 saturated carbocycles. The molecule has 0 radical (unpaired) electrons. The highest BCUT2D eigenvalue weighted by molar-refractivity contribution is 7.99. The van der Waals surface area contributed by atoms with Crippen molar-refractivity contribution < 1.29 is 9.53 Å². The van der Waals surface area contributed by atoms with Crippen molar-refractivity contribution >= 4 is 17.7 Å². The van der Waals surface area contributed by atoms with Gasteiger partial charge in [0.15, 0.2) is 0 Å². The van der Waals surface area contributed by atoms with Crippen LogP contribution < -0.4 is 5.32 Å². The van der Waals surface area contributed by atoms with Gasteiger partial charge in [-0.15, -0.1) is 11.8 Å². The first kappa shape index (κ1) is 15.4. The van der Waals surface area contributed by atoms with Crippen LogP contribution in [0.4, 0.5) is 0 Å². The minimum atomic E-state index is 0.0215. The van der Waals surface area contributed by atoms with Crippen molar-refractivity contribution in [2.75, 3.05) is 13.2 Å². The third-order valence-electron chi connectivity index (χ3n) is 3.41. The number of hydrogen-bond acceptors (Lipinski definition) is 3. The second kappa shape index (κ2) is 7.14. The molecule has 20 heavy (non-hydrogen) atoms. The van der Waals surface area contributed by atoms with Crippen molar-refractivity contribution in [2.45, 2.75) is 43.4 Å². The Morgan fingerprint density at radius 3 is 2.55 bits per heavy atom. The summed E-state index contributed by atoms with van der Waals surface area (Å²) in [5.74, 6) is 0.129. The number of thioether (sulfide) groups is 1. The fourth-order valence-electron chi connectivity index (χ4n) is 2.26. The van der Waals surface area contributed by atoms with Crippen molar-refractivity contribution in [1.82, 2.24) is 5.32 Å². The van der Waals surface area contributed by atoms with Crippen LogP contribution in [0.1, 0.15) is 38.8 Å². The Morgan fingerprint density at radius 1 is 1.30 bits per heavy atom. The number of amides is 1. The number of carbonyl (C=O) groups is 1. The molecule has 1 aliphatic rings. The van der Waals surface area contributed by atoms with Crippen molar-refractivity contribution in [3.8, 4) is 0 Å². The van der Waals surface area contributed by atoms with E-state index in [1.165, 1.54) is 4.90 Å². The van der Waals surface area contributed by atoms with E-state index >= 15 is 0 Å². The fraction of sp³-hybridized carbons (Fsp3) is 0.562. The van der Waals surface area contributed by atoms with Crippen LogP contribution in [0.3, 0.4) is 0 Å². The van der Waals surface area contributed by atoms with Crippen LogP contribution in [-0.4, -0.2) is 24.4 Å². The first-order chi connectivity index (χ1) is 9.56. The Bertz CT molecular complexity index is 438. The molecule has 1 aromatic rings. The van der Waals surface area contributed by atoms with Gasteiger partial charge in [0, 0.05) is 16.8 Å². The zero-order chi connectivity index (χ0) is 14.5. The van der Waals surface area contributed by atoms with Gasteiger partial charge in [0.1, 0.15) is 0 Å². The number of hydrogen-bond donors (Lipinski definition) is 1. The summed E-state index contributed by atoms with van der Waals surface area (Å²) < 4.78 is 5.25. The summed E-state index contributed by atoms with van der Waals surface area (Å²) in [6.07, 6.45) is 0.836. The maximum atomic E-state index is 12.0. The van der Waals surface area contributed by atoms with Crippen LogP contribution in [0, 0.1) is 5.92 Å². The zero-order valence-electron chi connectivity index (χ0n) is 12.4. The molecular formula is C16H23NO2S. The Balaban J connectivity index is 1.91. The van der Waals surface area contributed by atoms with E-state index in [9.17, 15) is 4.79 Å². The van der Waals surface area contributed by atoms with Crippen LogP contribution in [0.5, 0.6) is 0 Å². The van der Waals surface area contributed by atoms with Crippen molar-refractivity contribution in [3.63, 3.8) is 0 Å². The lowest BCUT2D eigenvalue weighted by atomic mass is 10.1. The lowest BCUT2D eigenvalue weighted by molar-refractivity contribution is -0.125. The van der Waals surface area contributed by atoms with Crippen LogP contribution in [0.2, 0.25) is 0 Å². The Kier molecular flexibility index (Phi) is 5.49. The van der Waals surface area contributed by atoms with Gasteiger partial charge in [-0.05, 0) is 31.0 Å². The van der Waals surface area contributed by atoms with Gasteiger partial charge in [0.25, 0.3) is 0 Å². The molecule has 1 aromatic carbocycles. The Morgan fingerprint density at radius 2 is 2.00 bits per heavy atom. The van der Waals surface area contributed by atoms with Gasteiger partial charge < -0.3 is 10.1 Å². The third kappa shape index (κ3) is 4.25. The van der Waals surface area contributed by atoms with E-state index in [1.54, 1.807) is 0 Å². The molecule has 0 aliphatic carbocycles. The first-order valence-corrected chi connectivity index (χ1v) is 8.09. The van der Waals surface area contributed by atoms with Crippen LogP contribution >= 0.6 is 11.8 Å². The molecule has 0 spiro atoms. The van der Waals surface area contributed by atoms with E-state index < -0.39 is 0 Å². The number of nitrogens with one attached hydrogen (secondary N) is 1. The van der Waals surface area contributed by atoms with Crippen LogP contribution in [0.25, 0.3) is 0 Å². The summed E-state index contributed by atoms with van der Waals surface area (Å²) in [5, 5.41) is 3.66. The second-order valence-electron chi connectivity index (χ2n) is 5.53. The van der Waals surface area contributed by atoms with Gasteiger partial charge >= 0.3 is 0 Å². The van der Waals surface area contributed by atoms with E-state index in [4.69, 9.17) is 4.74 Å². The lowest BCUT2D eigenvalue weighted by Crippen LogP contribution is -2.33. The summed E-state index contributed by atoms with van der Waals surface area (Å²) in [6.45, 7) is 7.66. The third-order valence-corrected chi connectivity index (χ3v) is 4.43. The summed E-state index contributed by atoms with van der Waals surface area (Å²) in [7, 11) is 0. The smallest absolute Gasteiger partial charge is 0.225 e. The van der Waals surface area contributed by atoms with Crippen molar-refractivity contribution in [2.24, 2.45) is 5.92 Å². The lowest BCUT2D eigenvalue weighted by Gasteiger charge is -2.17. The highest BCUT2D eigenvalue weighted by atomic mass is 32.2. The normalized spacial score (nSPS) is 20.1. The maximum absolute atomic E-state index is 12.0. The number of carbonyl (C=O) groups excluding carboxylic acids is 1. The quantitative estimate of drug-likeness (QED) is 0.846. The van der Waals surface area contributed by atoms with Gasteiger partial charge in [-0.2, -0.15) is 0 Å². The summed E-state index contributed by atoms with van der Waals surface area (Å²) in [4.78, 5) is 13.3. The average molecular weight is 293 g/mol. The SMILES string of the molecule is CC(C)Sc1ccc([C@H](C)NC(=O)[C@H]2CCOC2)cc1. The van der Waals surface area contributed by atoms with E-state index in [1.807, 2.05) is 18.7 Å². The predicted octanol–water partition coefficient (Wildman–Crippen LogP) is 3.40. The van der Waals surface area contributed by atoms with Crippen molar-refractivity contribution in [1.29, 1.82) is 0 Å². The summed E-state index contributed by atoms with van der Waals surface area (Å²) in [5.41, 5.74) is 1.14. The van der Waals surface area contributed by atoms with Crippen LogP contribution in [-0.2, 0) is 9.53 Å². The number of benzene rings is 1. The van der Waals surface area contributed by atoms with E-state index in [0.717, 1.165) is 12.0 Å². The molecule has 1 aliphatic heterocycles. The van der Waals surface area contributed by atoms with E-state index in [-0.39, 0.29) is 17.9 Å². The first-order valence-electron chi connectivity index (χ1n) is 7.21. The fourth-order valence-corrected chi connectivity index (χ4v) is 3.10. The molecule has 1 heterocycles. The maximum Gasteiger partial charge on any atom is 0.225 e. The largest absolute Gasteiger partial charge is 0.381 e. The second-order valence-corrected chi connectivity index (χ2v) is 7.18. The van der Waals surface area contributed by atoms with Gasteiger partial charge in [0.2, 0.25) is 5.91 Å². The molecule has 1 fully saturated rings. The molecule has 3 nitrogen and oxygen atoms in total. The molecule has 0 unspecified atom stereocenters. The number of ether oxygens (including phenoxy) is 1. The highest BCUT2D eigenvalue weighted by Crippen LogP contribution is 2.24. The molecule has 4 heteroatoms. The van der Waals surface area contributed by atoms with Gasteiger partial charge in [-0.1, -0.05) is 26.0 Å². The molecule has 0 bridgehead atoms. The Labute approximate surface area is 125 Å². The summed E-state index contributed by atoms with van der Waals surface area (Å²) in [6, 6.07) is 8.49. The van der Waals surface area contributed by atoms with Gasteiger partial charge in [-0.3, -0.25) is 4.79 Å². The monoisotopic (exact) mass is 293 g/mol. The minimum absolute atomic E-state index is 0.0215. The molecule has 2 atom stereocenters. The van der Waals surface area contributed by atoms with Gasteiger partial charge in [-0.25, -0.2) is 0 Å². The van der Waals surface area contributed by atoms with E-state index in [2.05, 4.69) is 43.4 Å². The van der Waals surface area contributed by atoms with Crippen LogP contribution in [0.15, 0.2) is 29.2 Å². The predicted molar refractivity (Wildman–Crippen MR) is 82.9 cm³/mol. The topological polar surface area (TPSA) is 38.3 Å². The zero-order valence-corrected chi connectivity index (χ0v) is 13.2.